The zero-order valence-corrected chi connectivity index (χ0v) is 16.3. The van der Waals surface area contributed by atoms with Crippen molar-refractivity contribution in [2.24, 2.45) is 5.73 Å². The maximum Gasteiger partial charge on any atom is 0.251 e. The van der Waals surface area contributed by atoms with Crippen LogP contribution in [0.5, 0.6) is 11.5 Å². The van der Waals surface area contributed by atoms with Gasteiger partial charge in [0, 0.05) is 16.2 Å². The number of hydrogen-bond acceptors (Lipinski definition) is 6. The van der Waals surface area contributed by atoms with Crippen LogP contribution in [-0.4, -0.2) is 30.8 Å². The minimum absolute atomic E-state index is 0.158. The van der Waals surface area contributed by atoms with E-state index < -0.39 is 5.91 Å². The van der Waals surface area contributed by atoms with Crippen LogP contribution in [0.4, 0.5) is 5.00 Å². The Bertz CT molecular complexity index is 894. The van der Waals surface area contributed by atoms with Crippen LogP contribution in [-0.2, 0) is 17.6 Å². The van der Waals surface area contributed by atoms with E-state index in [9.17, 15) is 9.59 Å². The molecule has 0 saturated carbocycles. The van der Waals surface area contributed by atoms with E-state index in [-0.39, 0.29) is 11.7 Å². The molecule has 1 aromatic heterocycles. The van der Waals surface area contributed by atoms with Crippen LogP contribution in [0.15, 0.2) is 23.1 Å². The number of primary amides is 1. The monoisotopic (exact) mass is 404 g/mol. The number of rotatable bonds is 5. The molecule has 1 aliphatic heterocycles. The number of thioether (sulfide) groups is 1. The maximum absolute atomic E-state index is 12.4. The number of fused-ring (bicyclic) bond motifs is 2. The molecule has 2 heterocycles. The van der Waals surface area contributed by atoms with E-state index in [1.54, 1.807) is 0 Å². The third kappa shape index (κ3) is 3.91. The van der Waals surface area contributed by atoms with Crippen LogP contribution in [0, 0.1) is 0 Å². The summed E-state index contributed by atoms with van der Waals surface area (Å²) < 4.78 is 11.3. The van der Waals surface area contributed by atoms with Gasteiger partial charge in [-0.05, 0) is 43.0 Å². The highest BCUT2D eigenvalue weighted by Crippen LogP contribution is 2.39. The van der Waals surface area contributed by atoms with Crippen molar-refractivity contribution < 1.29 is 19.1 Å². The van der Waals surface area contributed by atoms with Gasteiger partial charge in [-0.1, -0.05) is 0 Å². The smallest absolute Gasteiger partial charge is 0.251 e. The molecule has 2 amide bonds. The topological polar surface area (TPSA) is 90.7 Å². The highest BCUT2D eigenvalue weighted by Gasteiger charge is 2.26. The van der Waals surface area contributed by atoms with Crippen molar-refractivity contribution in [1.82, 2.24) is 0 Å². The second kappa shape index (κ2) is 7.82. The van der Waals surface area contributed by atoms with Crippen LogP contribution >= 0.6 is 23.1 Å². The zero-order valence-electron chi connectivity index (χ0n) is 14.7. The van der Waals surface area contributed by atoms with E-state index in [2.05, 4.69) is 5.32 Å². The van der Waals surface area contributed by atoms with Gasteiger partial charge in [-0.3, -0.25) is 9.59 Å². The van der Waals surface area contributed by atoms with Crippen molar-refractivity contribution in [2.75, 3.05) is 24.3 Å². The van der Waals surface area contributed by atoms with E-state index in [0.717, 1.165) is 46.8 Å². The van der Waals surface area contributed by atoms with E-state index in [4.69, 9.17) is 15.2 Å². The van der Waals surface area contributed by atoms with E-state index in [1.807, 2.05) is 18.2 Å². The molecule has 1 aromatic carbocycles. The van der Waals surface area contributed by atoms with Crippen LogP contribution in [0.2, 0.25) is 0 Å². The van der Waals surface area contributed by atoms with Gasteiger partial charge in [0.25, 0.3) is 5.91 Å². The SMILES string of the molecule is NC(=O)c1c(NC(=O)CSc2ccc3c(c2)OCCCO3)sc2c1CCC2. The largest absolute Gasteiger partial charge is 0.490 e. The van der Waals surface area contributed by atoms with E-state index in [0.29, 0.717) is 29.5 Å². The number of anilines is 1. The molecule has 8 heteroatoms. The molecule has 0 unspecified atom stereocenters. The fraction of sp³-hybridized carbons (Fsp3) is 0.368. The average Bonchev–Trinajstić information content (AvgIpc) is 3.12. The molecular weight excluding hydrogens is 384 g/mol. The van der Waals surface area contributed by atoms with Gasteiger partial charge in [-0.15, -0.1) is 23.1 Å². The Morgan fingerprint density at radius 1 is 1.15 bits per heavy atom. The molecule has 0 radical (unpaired) electrons. The molecule has 0 spiro atoms. The minimum Gasteiger partial charge on any atom is -0.490 e. The van der Waals surface area contributed by atoms with Crippen molar-refractivity contribution >= 4 is 39.9 Å². The number of nitrogens with two attached hydrogens (primary N) is 1. The molecule has 0 saturated heterocycles. The number of amides is 2. The van der Waals surface area contributed by atoms with Crippen LogP contribution in [0.3, 0.4) is 0 Å². The van der Waals surface area contributed by atoms with Gasteiger partial charge in [0.1, 0.15) is 5.00 Å². The third-order valence-electron chi connectivity index (χ3n) is 4.51. The number of aryl methyl sites for hydroxylation is 1. The first-order chi connectivity index (χ1) is 13.1. The Labute approximate surface area is 165 Å². The van der Waals surface area contributed by atoms with Crippen molar-refractivity contribution in [2.45, 2.75) is 30.6 Å². The summed E-state index contributed by atoms with van der Waals surface area (Å²) in [5.74, 6) is 1.05. The van der Waals surface area contributed by atoms with Gasteiger partial charge in [-0.25, -0.2) is 0 Å². The fourth-order valence-corrected chi connectivity index (χ4v) is 5.33. The number of benzene rings is 1. The summed E-state index contributed by atoms with van der Waals surface area (Å²) in [5.41, 5.74) is 7.04. The van der Waals surface area contributed by atoms with Gasteiger partial charge in [0.05, 0.1) is 24.5 Å². The summed E-state index contributed by atoms with van der Waals surface area (Å²) in [4.78, 5) is 26.3. The second-order valence-electron chi connectivity index (χ2n) is 6.42. The summed E-state index contributed by atoms with van der Waals surface area (Å²) in [6, 6.07) is 5.68. The molecule has 3 N–H and O–H groups in total. The Morgan fingerprint density at radius 2 is 1.96 bits per heavy atom. The Hall–Kier alpha value is -2.19. The summed E-state index contributed by atoms with van der Waals surface area (Å²) in [6.45, 7) is 1.27. The fourth-order valence-electron chi connectivity index (χ4n) is 3.30. The van der Waals surface area contributed by atoms with E-state index in [1.165, 1.54) is 23.1 Å². The van der Waals surface area contributed by atoms with Gasteiger partial charge in [0.2, 0.25) is 5.91 Å². The predicted molar refractivity (Wildman–Crippen MR) is 106 cm³/mol. The maximum atomic E-state index is 12.4. The molecular formula is C19H20N2O4S2. The van der Waals surface area contributed by atoms with Crippen LogP contribution in [0.1, 0.15) is 33.6 Å². The number of nitrogens with one attached hydrogen (secondary N) is 1. The van der Waals surface area contributed by atoms with Crippen LogP contribution < -0.4 is 20.5 Å². The molecule has 0 bridgehead atoms. The number of hydrogen-bond donors (Lipinski definition) is 2. The highest BCUT2D eigenvalue weighted by molar-refractivity contribution is 8.00. The molecule has 0 fully saturated rings. The molecule has 142 valence electrons. The predicted octanol–water partition coefficient (Wildman–Crippen LogP) is 3.23. The lowest BCUT2D eigenvalue weighted by atomic mass is 10.1. The first-order valence-electron chi connectivity index (χ1n) is 8.88. The lowest BCUT2D eigenvalue weighted by molar-refractivity contribution is -0.113. The van der Waals surface area contributed by atoms with Gasteiger partial charge in [0.15, 0.2) is 11.5 Å². The molecule has 1 aliphatic carbocycles. The third-order valence-corrected chi connectivity index (χ3v) is 6.71. The number of thiophene rings is 1. The summed E-state index contributed by atoms with van der Waals surface area (Å²) in [5, 5.41) is 3.45. The lowest BCUT2D eigenvalue weighted by Crippen LogP contribution is -2.18. The van der Waals surface area contributed by atoms with Crippen molar-refractivity contribution in [3.05, 3.63) is 34.2 Å². The van der Waals surface area contributed by atoms with Gasteiger partial charge in [-0.2, -0.15) is 0 Å². The molecule has 0 atom stereocenters. The van der Waals surface area contributed by atoms with Crippen molar-refractivity contribution in [3.63, 3.8) is 0 Å². The minimum atomic E-state index is -0.472. The van der Waals surface area contributed by atoms with Crippen molar-refractivity contribution in [1.29, 1.82) is 0 Å². The Morgan fingerprint density at radius 3 is 2.78 bits per heavy atom. The summed E-state index contributed by atoms with van der Waals surface area (Å²) in [6.07, 6.45) is 3.69. The summed E-state index contributed by atoms with van der Waals surface area (Å²) >= 11 is 2.88. The molecule has 2 aromatic rings. The number of carbonyl (C=O) groups is 2. The van der Waals surface area contributed by atoms with Crippen molar-refractivity contribution in [3.8, 4) is 11.5 Å². The van der Waals surface area contributed by atoms with Gasteiger partial charge < -0.3 is 20.5 Å². The number of ether oxygens (including phenoxy) is 2. The Kier molecular flexibility index (Phi) is 5.27. The Balaban J connectivity index is 1.41. The number of carbonyl (C=O) groups excluding carboxylic acids is 2. The lowest BCUT2D eigenvalue weighted by Gasteiger charge is -2.09. The summed E-state index contributed by atoms with van der Waals surface area (Å²) in [7, 11) is 0. The van der Waals surface area contributed by atoms with E-state index >= 15 is 0 Å². The average molecular weight is 405 g/mol. The first-order valence-corrected chi connectivity index (χ1v) is 10.7. The van der Waals surface area contributed by atoms with Gasteiger partial charge >= 0.3 is 0 Å². The second-order valence-corrected chi connectivity index (χ2v) is 8.58. The highest BCUT2D eigenvalue weighted by atomic mass is 32.2. The molecule has 2 aliphatic rings. The quantitative estimate of drug-likeness (QED) is 0.747. The molecule has 27 heavy (non-hydrogen) atoms. The first kappa shape index (κ1) is 18.2. The molecule has 4 rings (SSSR count). The molecule has 6 nitrogen and oxygen atoms in total. The standard InChI is InChI=1S/C19H20N2O4S2/c20-18(23)17-12-3-1-4-15(12)27-19(17)21-16(22)10-26-11-5-6-13-14(9-11)25-8-2-7-24-13/h5-6,9H,1-4,7-8,10H2,(H2,20,23)(H,21,22). The van der Waals surface area contributed by atoms with Crippen LogP contribution in [0.25, 0.3) is 0 Å². The normalized spacial score (nSPS) is 15.1. The zero-order chi connectivity index (χ0) is 18.8.